The molecule has 1 aromatic carbocycles. The first-order valence-corrected chi connectivity index (χ1v) is 15.2. The van der Waals surface area contributed by atoms with Gasteiger partial charge in [-0.3, -0.25) is 14.6 Å². The van der Waals surface area contributed by atoms with Gasteiger partial charge in [0.1, 0.15) is 16.9 Å². The molecule has 0 bridgehead atoms. The number of sulfonamides is 1. The third-order valence-corrected chi connectivity index (χ3v) is 10.2. The molecular weight excluding hydrogens is 518 g/mol. The lowest BCUT2D eigenvalue weighted by molar-refractivity contribution is -0.125. The van der Waals surface area contributed by atoms with Gasteiger partial charge >= 0.3 is 6.03 Å². The van der Waals surface area contributed by atoms with Crippen LogP contribution in [-0.4, -0.2) is 60.6 Å². The summed E-state index contributed by atoms with van der Waals surface area (Å²) in [5.41, 5.74) is -0.0316. The molecule has 3 fully saturated rings. The van der Waals surface area contributed by atoms with Crippen molar-refractivity contribution in [3.63, 3.8) is 0 Å². The number of benzene rings is 1. The quantitative estimate of drug-likeness (QED) is 0.539. The van der Waals surface area contributed by atoms with Crippen LogP contribution in [0.1, 0.15) is 70.4 Å². The Balaban J connectivity index is 1.24. The van der Waals surface area contributed by atoms with Gasteiger partial charge in [-0.2, -0.15) is 4.31 Å². The number of hydrogen-bond acceptors (Lipinski definition) is 6. The summed E-state index contributed by atoms with van der Waals surface area (Å²) >= 11 is 0. The minimum Gasteiger partial charge on any atom is -0.323 e. The number of amides is 4. The molecule has 10 nitrogen and oxygen atoms in total. The van der Waals surface area contributed by atoms with Crippen LogP contribution in [0.25, 0.3) is 6.08 Å². The van der Waals surface area contributed by atoms with E-state index in [1.165, 1.54) is 15.8 Å². The SMILES string of the molecule is Cc1cc(N2C(=O)NC(C)(C)C2=O)ccc1C=CS(=O)(=O)N1CCC2(CC1)N=C(C1CCC(C)CC1)NC2=O. The number of aliphatic imine (C=N–C) groups is 1. The number of imide groups is 1. The Hall–Kier alpha value is -3.05. The van der Waals surface area contributed by atoms with E-state index in [1.807, 2.05) is 0 Å². The number of anilines is 1. The number of amidine groups is 1. The fourth-order valence-electron chi connectivity index (χ4n) is 5.93. The van der Waals surface area contributed by atoms with Gasteiger partial charge in [-0.25, -0.2) is 18.1 Å². The molecule has 0 unspecified atom stereocenters. The summed E-state index contributed by atoms with van der Waals surface area (Å²) in [5, 5.41) is 6.85. The van der Waals surface area contributed by atoms with E-state index in [2.05, 4.69) is 17.6 Å². The molecule has 1 saturated carbocycles. The molecular formula is C28H37N5O5S. The maximum atomic E-state index is 13.1. The summed E-state index contributed by atoms with van der Waals surface area (Å²) in [6, 6.07) is 4.53. The van der Waals surface area contributed by atoms with Crippen molar-refractivity contribution < 1.29 is 22.8 Å². The fraction of sp³-hybridized carbons (Fsp3) is 0.571. The van der Waals surface area contributed by atoms with Gasteiger partial charge in [-0.1, -0.05) is 25.8 Å². The molecule has 39 heavy (non-hydrogen) atoms. The topological polar surface area (TPSA) is 128 Å². The number of nitrogens with one attached hydrogen (secondary N) is 2. The Kier molecular flexibility index (Phi) is 6.95. The van der Waals surface area contributed by atoms with Gasteiger partial charge in [0.05, 0.1) is 5.69 Å². The number of piperidine rings is 1. The van der Waals surface area contributed by atoms with Crippen molar-refractivity contribution in [1.29, 1.82) is 0 Å². The van der Waals surface area contributed by atoms with Crippen molar-refractivity contribution in [3.8, 4) is 0 Å². The first-order valence-electron chi connectivity index (χ1n) is 13.7. The average molecular weight is 556 g/mol. The molecule has 0 radical (unpaired) electrons. The molecule has 11 heteroatoms. The Bertz CT molecular complexity index is 1370. The van der Waals surface area contributed by atoms with E-state index in [4.69, 9.17) is 4.99 Å². The van der Waals surface area contributed by atoms with Crippen molar-refractivity contribution >= 4 is 45.5 Å². The number of hydrogen-bond donors (Lipinski definition) is 2. The summed E-state index contributed by atoms with van der Waals surface area (Å²) in [5.74, 6) is 1.33. The first kappa shape index (κ1) is 27.5. The molecule has 3 aliphatic heterocycles. The third kappa shape index (κ3) is 5.14. The Morgan fingerprint density at radius 1 is 1.05 bits per heavy atom. The van der Waals surface area contributed by atoms with E-state index in [1.54, 1.807) is 39.0 Å². The Morgan fingerprint density at radius 2 is 1.72 bits per heavy atom. The Morgan fingerprint density at radius 3 is 2.31 bits per heavy atom. The molecule has 0 aromatic heterocycles. The molecule has 1 aromatic rings. The molecule has 2 N–H and O–H groups in total. The zero-order valence-corrected chi connectivity index (χ0v) is 23.8. The van der Waals surface area contributed by atoms with E-state index in [0.29, 0.717) is 30.0 Å². The highest BCUT2D eigenvalue weighted by molar-refractivity contribution is 7.92. The third-order valence-electron chi connectivity index (χ3n) is 8.60. The van der Waals surface area contributed by atoms with Crippen LogP contribution in [0.15, 0.2) is 28.6 Å². The molecule has 2 saturated heterocycles. The van der Waals surface area contributed by atoms with Gasteiger partial charge in [0.25, 0.3) is 11.8 Å². The molecule has 0 atom stereocenters. The second-order valence-electron chi connectivity index (χ2n) is 11.9. The molecule has 4 amide bonds. The smallest absolute Gasteiger partial charge is 0.323 e. The van der Waals surface area contributed by atoms with Gasteiger partial charge in [-0.05, 0) is 81.7 Å². The zero-order chi connectivity index (χ0) is 28.2. The van der Waals surface area contributed by atoms with Gasteiger partial charge < -0.3 is 10.6 Å². The first-order chi connectivity index (χ1) is 18.3. The number of urea groups is 1. The molecule has 5 rings (SSSR count). The summed E-state index contributed by atoms with van der Waals surface area (Å²) in [7, 11) is -3.72. The minimum atomic E-state index is -3.72. The van der Waals surface area contributed by atoms with E-state index in [-0.39, 0.29) is 30.8 Å². The van der Waals surface area contributed by atoms with E-state index >= 15 is 0 Å². The lowest BCUT2D eigenvalue weighted by Crippen LogP contribution is -2.50. The van der Waals surface area contributed by atoms with E-state index < -0.39 is 27.1 Å². The largest absolute Gasteiger partial charge is 0.329 e. The average Bonchev–Trinajstić information content (AvgIpc) is 3.29. The predicted molar refractivity (Wildman–Crippen MR) is 149 cm³/mol. The van der Waals surface area contributed by atoms with E-state index in [0.717, 1.165) is 42.0 Å². The Labute approximate surface area is 230 Å². The monoisotopic (exact) mass is 555 g/mol. The summed E-state index contributed by atoms with van der Waals surface area (Å²) in [6.07, 6.45) is 6.57. The van der Waals surface area contributed by atoms with Crippen LogP contribution in [0.3, 0.4) is 0 Å². The van der Waals surface area contributed by atoms with Gasteiger partial charge in [0, 0.05) is 24.4 Å². The molecule has 1 aliphatic carbocycles. The van der Waals surface area contributed by atoms with Crippen LogP contribution >= 0.6 is 0 Å². The van der Waals surface area contributed by atoms with Crippen LogP contribution in [0.4, 0.5) is 10.5 Å². The number of carbonyl (C=O) groups is 3. The fourth-order valence-corrected chi connectivity index (χ4v) is 7.11. The van der Waals surface area contributed by atoms with Gasteiger partial charge in [0.2, 0.25) is 10.0 Å². The predicted octanol–water partition coefficient (Wildman–Crippen LogP) is 3.32. The number of rotatable bonds is 5. The maximum absolute atomic E-state index is 13.1. The number of nitrogens with zero attached hydrogens (tertiary/aromatic N) is 3. The van der Waals surface area contributed by atoms with E-state index in [9.17, 15) is 22.8 Å². The molecule has 4 aliphatic rings. The number of carbonyl (C=O) groups excluding carboxylic acids is 3. The zero-order valence-electron chi connectivity index (χ0n) is 23.0. The summed E-state index contributed by atoms with van der Waals surface area (Å²) in [6.45, 7) is 7.78. The molecule has 210 valence electrons. The highest BCUT2D eigenvalue weighted by atomic mass is 32.2. The lowest BCUT2D eigenvalue weighted by Gasteiger charge is -2.34. The van der Waals surface area contributed by atoms with Crippen LogP contribution in [0.2, 0.25) is 0 Å². The standard InChI is InChI=1S/C28H37N5O5S/c1-18-5-7-21(8-6-18)23-29-24(34)28(30-23)12-14-32(15-13-28)39(37,38)16-11-20-9-10-22(17-19(20)2)33-25(35)27(3,4)31-26(33)36/h9-11,16-18,21H,5-8,12-15H2,1-4H3,(H,31,36)(H,29,30,34). The van der Waals surface area contributed by atoms with Crippen molar-refractivity contribution in [2.24, 2.45) is 16.8 Å². The van der Waals surface area contributed by atoms with Crippen LogP contribution in [0.5, 0.6) is 0 Å². The summed E-state index contributed by atoms with van der Waals surface area (Å²) in [4.78, 5) is 43.8. The highest BCUT2D eigenvalue weighted by Gasteiger charge is 2.48. The van der Waals surface area contributed by atoms with Crippen molar-refractivity contribution in [2.75, 3.05) is 18.0 Å². The highest BCUT2D eigenvalue weighted by Crippen LogP contribution is 2.36. The lowest BCUT2D eigenvalue weighted by atomic mass is 9.82. The van der Waals surface area contributed by atoms with Crippen molar-refractivity contribution in [2.45, 2.75) is 77.3 Å². The second kappa shape index (κ2) is 9.85. The summed E-state index contributed by atoms with van der Waals surface area (Å²) < 4.78 is 27.7. The maximum Gasteiger partial charge on any atom is 0.329 e. The van der Waals surface area contributed by atoms with Crippen molar-refractivity contribution in [1.82, 2.24) is 14.9 Å². The van der Waals surface area contributed by atoms with Crippen LogP contribution < -0.4 is 15.5 Å². The second-order valence-corrected chi connectivity index (χ2v) is 13.7. The van der Waals surface area contributed by atoms with Gasteiger partial charge in [-0.15, -0.1) is 0 Å². The molecule has 3 heterocycles. The van der Waals surface area contributed by atoms with Crippen molar-refractivity contribution in [3.05, 3.63) is 34.7 Å². The number of aryl methyl sites for hydroxylation is 1. The van der Waals surface area contributed by atoms with Crippen LogP contribution in [-0.2, 0) is 19.6 Å². The molecule has 1 spiro atoms. The van der Waals surface area contributed by atoms with Crippen LogP contribution in [0, 0.1) is 18.8 Å². The normalized spacial score (nSPS) is 27.2. The van der Waals surface area contributed by atoms with Gasteiger partial charge in [0.15, 0.2) is 0 Å². The minimum absolute atomic E-state index is 0.104.